The average molecular weight is 291 g/mol. The second-order valence-electron chi connectivity index (χ2n) is 4.82. The molecule has 0 saturated carbocycles. The average Bonchev–Trinajstić information content (AvgIpc) is 2.49. The number of halogens is 2. The number of aromatic nitrogens is 1. The molecule has 2 aromatic rings. The molecule has 0 amide bonds. The van der Waals surface area contributed by atoms with Crippen molar-refractivity contribution < 1.29 is 8.78 Å². The maximum atomic E-state index is 13.7. The van der Waals surface area contributed by atoms with E-state index in [1.807, 2.05) is 24.3 Å². The Morgan fingerprint density at radius 3 is 2.33 bits per heavy atom. The van der Waals surface area contributed by atoms with Gasteiger partial charge in [0.15, 0.2) is 23.3 Å². The Morgan fingerprint density at radius 2 is 1.71 bits per heavy atom. The Bertz CT molecular complexity index is 597. The predicted octanol–water partition coefficient (Wildman–Crippen LogP) is 4.49. The van der Waals surface area contributed by atoms with E-state index in [2.05, 4.69) is 22.5 Å². The first-order valence-electron chi connectivity index (χ1n) is 7.03. The van der Waals surface area contributed by atoms with Crippen LogP contribution in [-0.4, -0.2) is 12.0 Å². The molecule has 0 aliphatic heterocycles. The zero-order valence-electron chi connectivity index (χ0n) is 12.2. The molecule has 0 aliphatic rings. The molecule has 5 heteroatoms. The van der Waals surface area contributed by atoms with Gasteiger partial charge in [-0.05, 0) is 30.5 Å². The SMILES string of the molecule is CCCCc1ccc(Nc2nc(NC)c(F)cc2F)cc1. The lowest BCUT2D eigenvalue weighted by molar-refractivity contribution is 0.580. The van der Waals surface area contributed by atoms with E-state index in [0.717, 1.165) is 31.0 Å². The number of rotatable bonds is 6. The number of pyridine rings is 1. The normalized spacial score (nSPS) is 10.5. The Labute approximate surface area is 123 Å². The van der Waals surface area contributed by atoms with Crippen LogP contribution in [0.3, 0.4) is 0 Å². The van der Waals surface area contributed by atoms with Gasteiger partial charge in [-0.2, -0.15) is 0 Å². The second kappa shape index (κ2) is 7.02. The smallest absolute Gasteiger partial charge is 0.169 e. The highest BCUT2D eigenvalue weighted by atomic mass is 19.1. The van der Waals surface area contributed by atoms with Crippen LogP contribution in [0.4, 0.5) is 26.1 Å². The van der Waals surface area contributed by atoms with Gasteiger partial charge in [0, 0.05) is 18.8 Å². The van der Waals surface area contributed by atoms with Crippen LogP contribution in [0.1, 0.15) is 25.3 Å². The fourth-order valence-corrected chi connectivity index (χ4v) is 2.00. The highest BCUT2D eigenvalue weighted by Crippen LogP contribution is 2.22. The molecule has 0 unspecified atom stereocenters. The molecule has 1 aromatic carbocycles. The molecule has 112 valence electrons. The molecule has 0 saturated heterocycles. The van der Waals surface area contributed by atoms with E-state index in [9.17, 15) is 8.78 Å². The van der Waals surface area contributed by atoms with E-state index < -0.39 is 11.6 Å². The molecule has 3 nitrogen and oxygen atoms in total. The minimum absolute atomic E-state index is 0.00191. The van der Waals surface area contributed by atoms with Crippen molar-refractivity contribution >= 4 is 17.3 Å². The Kier molecular flexibility index (Phi) is 5.09. The third-order valence-electron chi connectivity index (χ3n) is 3.20. The Balaban J connectivity index is 2.14. The third kappa shape index (κ3) is 3.90. The van der Waals surface area contributed by atoms with Gasteiger partial charge in [-0.3, -0.25) is 0 Å². The van der Waals surface area contributed by atoms with Crippen LogP contribution in [0.2, 0.25) is 0 Å². The van der Waals surface area contributed by atoms with Gasteiger partial charge < -0.3 is 10.6 Å². The highest BCUT2D eigenvalue weighted by molar-refractivity contribution is 5.59. The van der Waals surface area contributed by atoms with E-state index in [0.29, 0.717) is 0 Å². The van der Waals surface area contributed by atoms with E-state index >= 15 is 0 Å². The minimum Gasteiger partial charge on any atom is -0.371 e. The number of hydrogen-bond acceptors (Lipinski definition) is 3. The van der Waals surface area contributed by atoms with Crippen molar-refractivity contribution in [2.24, 2.45) is 0 Å². The summed E-state index contributed by atoms with van der Waals surface area (Å²) < 4.78 is 27.1. The van der Waals surface area contributed by atoms with Crippen LogP contribution in [0.15, 0.2) is 30.3 Å². The van der Waals surface area contributed by atoms with Gasteiger partial charge in [-0.15, -0.1) is 0 Å². The summed E-state index contributed by atoms with van der Waals surface area (Å²) in [5.41, 5.74) is 1.96. The number of aryl methyl sites for hydroxylation is 1. The van der Waals surface area contributed by atoms with Crippen molar-refractivity contribution in [3.05, 3.63) is 47.5 Å². The van der Waals surface area contributed by atoms with Crippen molar-refractivity contribution in [3.8, 4) is 0 Å². The lowest BCUT2D eigenvalue weighted by Gasteiger charge is -2.10. The predicted molar refractivity (Wildman–Crippen MR) is 82.0 cm³/mol. The van der Waals surface area contributed by atoms with Crippen molar-refractivity contribution in [1.82, 2.24) is 4.98 Å². The first-order chi connectivity index (χ1) is 10.1. The molecule has 0 fully saturated rings. The van der Waals surface area contributed by atoms with Gasteiger partial charge in [-0.25, -0.2) is 13.8 Å². The molecule has 0 spiro atoms. The molecular weight excluding hydrogens is 272 g/mol. The van der Waals surface area contributed by atoms with Gasteiger partial charge in [0.1, 0.15) is 0 Å². The molecular formula is C16H19F2N3. The van der Waals surface area contributed by atoms with E-state index in [1.54, 1.807) is 0 Å². The van der Waals surface area contributed by atoms with Gasteiger partial charge in [-0.1, -0.05) is 25.5 Å². The van der Waals surface area contributed by atoms with Crippen LogP contribution in [0.5, 0.6) is 0 Å². The number of nitrogens with zero attached hydrogens (tertiary/aromatic N) is 1. The number of unbranched alkanes of at least 4 members (excludes halogenated alkanes) is 1. The van der Waals surface area contributed by atoms with Crippen LogP contribution in [-0.2, 0) is 6.42 Å². The summed E-state index contributed by atoms with van der Waals surface area (Å²) >= 11 is 0. The molecule has 2 N–H and O–H groups in total. The summed E-state index contributed by atoms with van der Waals surface area (Å²) in [6, 6.07) is 8.55. The fraction of sp³-hybridized carbons (Fsp3) is 0.312. The fourth-order valence-electron chi connectivity index (χ4n) is 2.00. The molecule has 1 aromatic heterocycles. The third-order valence-corrected chi connectivity index (χ3v) is 3.20. The maximum absolute atomic E-state index is 13.7. The molecule has 0 atom stereocenters. The van der Waals surface area contributed by atoms with Crippen LogP contribution < -0.4 is 10.6 Å². The largest absolute Gasteiger partial charge is 0.371 e. The lowest BCUT2D eigenvalue weighted by Crippen LogP contribution is -2.03. The summed E-state index contributed by atoms with van der Waals surface area (Å²) in [6.45, 7) is 2.15. The van der Waals surface area contributed by atoms with Crippen molar-refractivity contribution in [3.63, 3.8) is 0 Å². The molecule has 1 heterocycles. The summed E-state index contributed by atoms with van der Waals surface area (Å²) in [4.78, 5) is 3.89. The van der Waals surface area contributed by atoms with Gasteiger partial charge >= 0.3 is 0 Å². The molecule has 0 radical (unpaired) electrons. The van der Waals surface area contributed by atoms with Gasteiger partial charge in [0.05, 0.1) is 0 Å². The van der Waals surface area contributed by atoms with E-state index in [4.69, 9.17) is 0 Å². The lowest BCUT2D eigenvalue weighted by atomic mass is 10.1. The van der Waals surface area contributed by atoms with Gasteiger partial charge in [0.2, 0.25) is 0 Å². The highest BCUT2D eigenvalue weighted by Gasteiger charge is 2.11. The summed E-state index contributed by atoms with van der Waals surface area (Å²) in [5.74, 6) is -1.42. The first kappa shape index (κ1) is 15.2. The van der Waals surface area contributed by atoms with E-state index in [-0.39, 0.29) is 11.6 Å². The second-order valence-corrected chi connectivity index (χ2v) is 4.82. The molecule has 21 heavy (non-hydrogen) atoms. The number of hydrogen-bond donors (Lipinski definition) is 2. The van der Waals surface area contributed by atoms with Gasteiger partial charge in [0.25, 0.3) is 0 Å². The number of anilines is 3. The zero-order valence-corrected chi connectivity index (χ0v) is 12.2. The van der Waals surface area contributed by atoms with Crippen molar-refractivity contribution in [2.75, 3.05) is 17.7 Å². The summed E-state index contributed by atoms with van der Waals surface area (Å²) in [7, 11) is 1.54. The Hall–Kier alpha value is -2.17. The van der Waals surface area contributed by atoms with E-state index in [1.165, 1.54) is 12.6 Å². The van der Waals surface area contributed by atoms with Crippen molar-refractivity contribution in [1.29, 1.82) is 0 Å². The van der Waals surface area contributed by atoms with Crippen molar-refractivity contribution in [2.45, 2.75) is 26.2 Å². The quantitative estimate of drug-likeness (QED) is 0.823. The molecule has 2 rings (SSSR count). The molecule has 0 aliphatic carbocycles. The first-order valence-corrected chi connectivity index (χ1v) is 7.03. The van der Waals surface area contributed by atoms with Crippen LogP contribution in [0.25, 0.3) is 0 Å². The minimum atomic E-state index is -0.721. The van der Waals surface area contributed by atoms with Crippen LogP contribution in [0, 0.1) is 11.6 Å². The Morgan fingerprint density at radius 1 is 1.05 bits per heavy atom. The topological polar surface area (TPSA) is 37.0 Å². The number of nitrogens with one attached hydrogen (secondary N) is 2. The van der Waals surface area contributed by atoms with Crippen LogP contribution >= 0.6 is 0 Å². The number of benzene rings is 1. The monoisotopic (exact) mass is 291 g/mol. The summed E-state index contributed by atoms with van der Waals surface area (Å²) in [5, 5.41) is 5.45. The molecule has 0 bridgehead atoms. The zero-order chi connectivity index (χ0) is 15.2. The maximum Gasteiger partial charge on any atom is 0.169 e. The standard InChI is InChI=1S/C16H19F2N3/c1-3-4-5-11-6-8-12(9-7-11)20-16-14(18)10-13(17)15(19-2)21-16/h6-10H,3-5H2,1-2H3,(H2,19,20,21). The summed E-state index contributed by atoms with van der Waals surface area (Å²) in [6.07, 6.45) is 3.33.